The Labute approximate surface area is 128 Å². The molecule has 0 atom stereocenters. The minimum absolute atomic E-state index is 0.102. The molecule has 1 aromatic rings. The number of aryl methyl sites for hydroxylation is 1. The highest BCUT2D eigenvalue weighted by Gasteiger charge is 2.12. The van der Waals surface area contributed by atoms with Crippen molar-refractivity contribution in [3.63, 3.8) is 0 Å². The molecule has 0 fully saturated rings. The zero-order valence-electron chi connectivity index (χ0n) is 12.5. The highest BCUT2D eigenvalue weighted by atomic mass is 32.2. The molecule has 0 unspecified atom stereocenters. The first-order valence-electron chi connectivity index (χ1n) is 6.65. The number of carbonyl (C=O) groups excluding carboxylic acids is 2. The van der Waals surface area contributed by atoms with Gasteiger partial charge in [0.15, 0.2) is 5.16 Å². The first kappa shape index (κ1) is 17.2. The van der Waals surface area contributed by atoms with E-state index in [1.807, 2.05) is 25.3 Å². The maximum atomic E-state index is 11.7. The molecule has 0 aliphatic rings. The van der Waals surface area contributed by atoms with Crippen LogP contribution >= 0.6 is 11.8 Å². The summed E-state index contributed by atoms with van der Waals surface area (Å²) in [6.07, 6.45) is 1.74. The number of aromatic nitrogens is 3. The predicted molar refractivity (Wildman–Crippen MR) is 82.1 cm³/mol. The highest BCUT2D eigenvalue weighted by molar-refractivity contribution is 7.99. The molecule has 0 bridgehead atoms. The molecular weight excluding hydrogens is 290 g/mol. The van der Waals surface area contributed by atoms with Gasteiger partial charge in [-0.3, -0.25) is 10.1 Å². The van der Waals surface area contributed by atoms with Gasteiger partial charge in [-0.05, 0) is 12.8 Å². The summed E-state index contributed by atoms with van der Waals surface area (Å²) in [5, 5.41) is 13.5. The molecule has 0 aliphatic carbocycles. The Morgan fingerprint density at radius 1 is 1.43 bits per heavy atom. The van der Waals surface area contributed by atoms with E-state index in [0.29, 0.717) is 24.2 Å². The second-order valence-electron chi connectivity index (χ2n) is 4.87. The minimum atomic E-state index is -0.474. The van der Waals surface area contributed by atoms with E-state index in [1.165, 1.54) is 11.8 Å². The molecule has 21 heavy (non-hydrogen) atoms. The van der Waals surface area contributed by atoms with Crippen molar-refractivity contribution < 1.29 is 9.59 Å². The SMILES string of the molecule is C=CCn1c(C)nnc1SCC(=O)NC(=O)NCC(C)C. The number of amides is 3. The monoisotopic (exact) mass is 311 g/mol. The lowest BCUT2D eigenvalue weighted by Crippen LogP contribution is -2.41. The number of hydrogen-bond donors (Lipinski definition) is 2. The van der Waals surface area contributed by atoms with Crippen LogP contribution in [0.3, 0.4) is 0 Å². The molecule has 0 aromatic carbocycles. The van der Waals surface area contributed by atoms with Crippen molar-refractivity contribution in [2.75, 3.05) is 12.3 Å². The largest absolute Gasteiger partial charge is 0.338 e. The van der Waals surface area contributed by atoms with E-state index < -0.39 is 6.03 Å². The van der Waals surface area contributed by atoms with Gasteiger partial charge in [0.1, 0.15) is 5.82 Å². The number of thioether (sulfide) groups is 1. The zero-order chi connectivity index (χ0) is 15.8. The standard InChI is InChI=1S/C13H21N5O2S/c1-5-6-18-10(4)16-17-13(18)21-8-11(19)15-12(20)14-7-9(2)3/h5,9H,1,6-8H2,2-4H3,(H2,14,15,19,20). The molecule has 0 saturated heterocycles. The molecule has 0 saturated carbocycles. The van der Waals surface area contributed by atoms with Crippen molar-refractivity contribution in [1.29, 1.82) is 0 Å². The third kappa shape index (κ3) is 5.99. The minimum Gasteiger partial charge on any atom is -0.338 e. The number of hydrogen-bond acceptors (Lipinski definition) is 5. The van der Waals surface area contributed by atoms with Gasteiger partial charge in [0.25, 0.3) is 0 Å². The van der Waals surface area contributed by atoms with Crippen molar-refractivity contribution >= 4 is 23.7 Å². The van der Waals surface area contributed by atoms with Crippen LogP contribution in [-0.2, 0) is 11.3 Å². The molecule has 1 heterocycles. The Morgan fingerprint density at radius 3 is 2.76 bits per heavy atom. The summed E-state index contributed by atoms with van der Waals surface area (Å²) in [5.41, 5.74) is 0. The molecule has 1 aromatic heterocycles. The normalized spacial score (nSPS) is 10.5. The Bertz CT molecular complexity index is 513. The van der Waals surface area contributed by atoms with Gasteiger partial charge in [-0.1, -0.05) is 31.7 Å². The second kappa shape index (κ2) is 8.46. The van der Waals surface area contributed by atoms with Crippen LogP contribution in [0.25, 0.3) is 0 Å². The van der Waals surface area contributed by atoms with Crippen molar-refractivity contribution in [3.8, 4) is 0 Å². The number of imide groups is 1. The highest BCUT2D eigenvalue weighted by Crippen LogP contribution is 2.16. The summed E-state index contributed by atoms with van der Waals surface area (Å²) in [6, 6.07) is -0.474. The molecule has 1 rings (SSSR count). The fourth-order valence-corrected chi connectivity index (χ4v) is 2.23. The maximum absolute atomic E-state index is 11.7. The zero-order valence-corrected chi connectivity index (χ0v) is 13.4. The number of carbonyl (C=O) groups is 2. The lowest BCUT2D eigenvalue weighted by Gasteiger charge is -2.08. The van der Waals surface area contributed by atoms with Gasteiger partial charge in [-0.2, -0.15) is 0 Å². The fraction of sp³-hybridized carbons (Fsp3) is 0.538. The van der Waals surface area contributed by atoms with Crippen LogP contribution in [0.4, 0.5) is 4.79 Å². The molecule has 116 valence electrons. The van der Waals surface area contributed by atoms with Gasteiger partial charge in [0.2, 0.25) is 5.91 Å². The third-order valence-electron chi connectivity index (χ3n) is 2.47. The van der Waals surface area contributed by atoms with Crippen LogP contribution in [0.5, 0.6) is 0 Å². The summed E-state index contributed by atoms with van der Waals surface area (Å²) in [5.74, 6) is 0.824. The Kier molecular flexibility index (Phi) is 6.93. The first-order valence-corrected chi connectivity index (χ1v) is 7.63. The van der Waals surface area contributed by atoms with E-state index in [-0.39, 0.29) is 11.7 Å². The fourth-order valence-electron chi connectivity index (χ4n) is 1.44. The maximum Gasteiger partial charge on any atom is 0.321 e. The molecule has 2 N–H and O–H groups in total. The number of allylic oxidation sites excluding steroid dienone is 1. The van der Waals surface area contributed by atoms with Crippen LogP contribution in [0, 0.1) is 12.8 Å². The third-order valence-corrected chi connectivity index (χ3v) is 3.44. The van der Waals surface area contributed by atoms with Crippen molar-refractivity contribution in [1.82, 2.24) is 25.4 Å². The van der Waals surface area contributed by atoms with Gasteiger partial charge >= 0.3 is 6.03 Å². The van der Waals surface area contributed by atoms with Gasteiger partial charge in [0, 0.05) is 13.1 Å². The van der Waals surface area contributed by atoms with Crippen LogP contribution in [0.15, 0.2) is 17.8 Å². The number of rotatable bonds is 7. The molecular formula is C13H21N5O2S. The molecule has 7 nitrogen and oxygen atoms in total. The molecule has 3 amide bonds. The molecule has 0 radical (unpaired) electrons. The second-order valence-corrected chi connectivity index (χ2v) is 5.81. The number of nitrogens with one attached hydrogen (secondary N) is 2. The van der Waals surface area contributed by atoms with Crippen LogP contribution in [0.1, 0.15) is 19.7 Å². The van der Waals surface area contributed by atoms with Gasteiger partial charge < -0.3 is 9.88 Å². The summed E-state index contributed by atoms with van der Waals surface area (Å²) < 4.78 is 1.85. The van der Waals surface area contributed by atoms with Crippen molar-refractivity contribution in [2.45, 2.75) is 32.5 Å². The van der Waals surface area contributed by atoms with Gasteiger partial charge in [-0.25, -0.2) is 4.79 Å². The summed E-state index contributed by atoms with van der Waals surface area (Å²) >= 11 is 1.23. The number of nitrogens with zero attached hydrogens (tertiary/aromatic N) is 3. The van der Waals surface area contributed by atoms with E-state index in [0.717, 1.165) is 5.82 Å². The Balaban J connectivity index is 2.43. The Morgan fingerprint density at radius 2 is 2.14 bits per heavy atom. The average molecular weight is 311 g/mol. The van der Waals surface area contributed by atoms with Gasteiger partial charge in [-0.15, -0.1) is 16.8 Å². The summed E-state index contributed by atoms with van der Waals surface area (Å²) in [7, 11) is 0. The van der Waals surface area contributed by atoms with Gasteiger partial charge in [0.05, 0.1) is 5.75 Å². The van der Waals surface area contributed by atoms with Crippen LogP contribution < -0.4 is 10.6 Å². The molecule has 0 spiro atoms. The molecule has 0 aliphatic heterocycles. The smallest absolute Gasteiger partial charge is 0.321 e. The van der Waals surface area contributed by atoms with Crippen molar-refractivity contribution in [3.05, 3.63) is 18.5 Å². The quantitative estimate of drug-likeness (QED) is 0.586. The average Bonchev–Trinajstić information content (AvgIpc) is 2.76. The van der Waals surface area contributed by atoms with E-state index >= 15 is 0 Å². The summed E-state index contributed by atoms with van der Waals surface area (Å²) in [4.78, 5) is 23.1. The van der Waals surface area contributed by atoms with Crippen LogP contribution in [-0.4, -0.2) is 39.0 Å². The van der Waals surface area contributed by atoms with Crippen LogP contribution in [0.2, 0.25) is 0 Å². The number of urea groups is 1. The topological polar surface area (TPSA) is 88.9 Å². The predicted octanol–water partition coefficient (Wildman–Crippen LogP) is 1.35. The lowest BCUT2D eigenvalue weighted by atomic mass is 10.2. The first-order chi connectivity index (χ1) is 9.93. The summed E-state index contributed by atoms with van der Waals surface area (Å²) in [6.45, 7) is 10.6. The van der Waals surface area contributed by atoms with E-state index in [9.17, 15) is 9.59 Å². The van der Waals surface area contributed by atoms with Crippen molar-refractivity contribution in [2.24, 2.45) is 5.92 Å². The van der Waals surface area contributed by atoms with E-state index in [4.69, 9.17) is 0 Å². The molecule has 8 heteroatoms. The van der Waals surface area contributed by atoms with E-state index in [2.05, 4.69) is 27.4 Å². The lowest BCUT2D eigenvalue weighted by molar-refractivity contribution is -0.117. The Hall–Kier alpha value is -1.83. The van der Waals surface area contributed by atoms with E-state index in [1.54, 1.807) is 6.08 Å².